The summed E-state index contributed by atoms with van der Waals surface area (Å²) in [5.41, 5.74) is 4.07. The van der Waals surface area contributed by atoms with Crippen LogP contribution in [0.15, 0.2) is 15.2 Å². The zero-order valence-corrected chi connectivity index (χ0v) is 13.1. The van der Waals surface area contributed by atoms with Crippen LogP contribution in [-0.2, 0) is 4.74 Å². The van der Waals surface area contributed by atoms with Crippen LogP contribution < -0.4 is 11.3 Å². The van der Waals surface area contributed by atoms with E-state index in [9.17, 15) is 0 Å². The number of halogens is 1. The first-order chi connectivity index (χ1) is 8.73. The normalized spacial score (nSPS) is 20.8. The molecule has 0 amide bonds. The van der Waals surface area contributed by atoms with Gasteiger partial charge in [0.1, 0.15) is 0 Å². The Hall–Kier alpha value is 0.0600. The van der Waals surface area contributed by atoms with Crippen molar-refractivity contribution in [3.63, 3.8) is 0 Å². The summed E-state index contributed by atoms with van der Waals surface area (Å²) < 4.78 is 7.27. The van der Waals surface area contributed by atoms with E-state index in [0.717, 1.165) is 23.9 Å². The molecule has 1 unspecified atom stereocenters. The third-order valence-corrected chi connectivity index (χ3v) is 5.53. The lowest BCUT2D eigenvalue weighted by Crippen LogP contribution is -2.49. The van der Waals surface area contributed by atoms with E-state index in [1.165, 1.54) is 24.8 Å². The van der Waals surface area contributed by atoms with Crippen molar-refractivity contribution in [3.8, 4) is 0 Å². The molecule has 1 aromatic heterocycles. The maximum absolute atomic E-state index is 6.14. The summed E-state index contributed by atoms with van der Waals surface area (Å²) in [6.07, 6.45) is 5.91. The Balaban J connectivity index is 2.29. The Morgan fingerprint density at radius 1 is 1.44 bits per heavy atom. The molecule has 0 bridgehead atoms. The van der Waals surface area contributed by atoms with Crippen LogP contribution in [0.1, 0.15) is 50.6 Å². The van der Waals surface area contributed by atoms with Crippen molar-refractivity contribution in [2.24, 2.45) is 5.84 Å². The number of rotatable bonds is 5. The lowest BCUT2D eigenvalue weighted by molar-refractivity contribution is -0.0914. The van der Waals surface area contributed by atoms with Crippen LogP contribution in [0.5, 0.6) is 0 Å². The SMILES string of the molecule is CCOC1(C(NN)c2cscc2Br)CCCCC1. The highest BCUT2D eigenvalue weighted by Crippen LogP contribution is 2.43. The van der Waals surface area contributed by atoms with E-state index in [0.29, 0.717) is 0 Å². The molecule has 3 N–H and O–H groups in total. The molecule has 1 aliphatic carbocycles. The number of nitrogens with two attached hydrogens (primary N) is 1. The Kier molecular flexibility index (Phi) is 5.21. The van der Waals surface area contributed by atoms with Gasteiger partial charge in [0.2, 0.25) is 0 Å². The second-order valence-electron chi connectivity index (χ2n) is 4.83. The second kappa shape index (κ2) is 6.48. The van der Waals surface area contributed by atoms with Gasteiger partial charge in [0.15, 0.2) is 0 Å². The van der Waals surface area contributed by atoms with Crippen molar-refractivity contribution in [2.45, 2.75) is 50.7 Å². The van der Waals surface area contributed by atoms with Crippen molar-refractivity contribution >= 4 is 27.3 Å². The molecular formula is C13H21BrN2OS. The van der Waals surface area contributed by atoms with E-state index in [4.69, 9.17) is 10.6 Å². The first-order valence-corrected chi connectivity index (χ1v) is 8.29. The highest BCUT2D eigenvalue weighted by molar-refractivity contribution is 9.10. The molecule has 1 fully saturated rings. The molecule has 18 heavy (non-hydrogen) atoms. The molecule has 1 aliphatic rings. The standard InChI is InChI=1S/C13H21BrN2OS/c1-2-17-13(6-4-3-5-7-13)12(16-15)10-8-18-9-11(10)14/h8-9,12,16H,2-7,15H2,1H3. The number of hydrogen-bond donors (Lipinski definition) is 2. The Morgan fingerprint density at radius 2 is 2.17 bits per heavy atom. The zero-order chi connectivity index (χ0) is 13.0. The molecule has 2 rings (SSSR count). The van der Waals surface area contributed by atoms with Gasteiger partial charge in [-0.05, 0) is 46.6 Å². The van der Waals surface area contributed by atoms with Crippen LogP contribution in [0.3, 0.4) is 0 Å². The molecule has 1 heterocycles. The number of nitrogens with one attached hydrogen (secondary N) is 1. The third kappa shape index (κ3) is 2.80. The van der Waals surface area contributed by atoms with Crippen molar-refractivity contribution in [2.75, 3.05) is 6.61 Å². The molecule has 1 atom stereocenters. The molecule has 0 radical (unpaired) electrons. The van der Waals surface area contributed by atoms with Gasteiger partial charge in [0, 0.05) is 16.5 Å². The summed E-state index contributed by atoms with van der Waals surface area (Å²) in [4.78, 5) is 0. The number of hydrogen-bond acceptors (Lipinski definition) is 4. The van der Waals surface area contributed by atoms with E-state index >= 15 is 0 Å². The third-order valence-electron chi connectivity index (χ3n) is 3.78. The monoisotopic (exact) mass is 332 g/mol. The van der Waals surface area contributed by atoms with E-state index in [1.54, 1.807) is 11.3 Å². The molecular weight excluding hydrogens is 312 g/mol. The van der Waals surface area contributed by atoms with E-state index in [-0.39, 0.29) is 11.6 Å². The fourth-order valence-electron chi connectivity index (χ4n) is 2.98. The maximum atomic E-state index is 6.14. The lowest BCUT2D eigenvalue weighted by atomic mass is 9.77. The topological polar surface area (TPSA) is 47.3 Å². The van der Waals surface area contributed by atoms with E-state index in [2.05, 4.69) is 39.0 Å². The molecule has 1 aromatic rings. The van der Waals surface area contributed by atoms with Gasteiger partial charge in [-0.1, -0.05) is 19.3 Å². The number of hydrazine groups is 1. The largest absolute Gasteiger partial charge is 0.373 e. The molecule has 0 spiro atoms. The molecule has 5 heteroatoms. The summed E-state index contributed by atoms with van der Waals surface area (Å²) in [5.74, 6) is 5.83. The van der Waals surface area contributed by atoms with Crippen LogP contribution in [0, 0.1) is 0 Å². The average molecular weight is 333 g/mol. The lowest BCUT2D eigenvalue weighted by Gasteiger charge is -2.43. The van der Waals surface area contributed by atoms with Crippen molar-refractivity contribution in [1.82, 2.24) is 5.43 Å². The predicted molar refractivity (Wildman–Crippen MR) is 79.5 cm³/mol. The van der Waals surface area contributed by atoms with Crippen LogP contribution in [0.25, 0.3) is 0 Å². The zero-order valence-electron chi connectivity index (χ0n) is 10.7. The predicted octanol–water partition coefficient (Wildman–Crippen LogP) is 3.75. The summed E-state index contributed by atoms with van der Waals surface area (Å²) in [6, 6.07) is 0.0679. The van der Waals surface area contributed by atoms with E-state index in [1.807, 2.05) is 0 Å². The van der Waals surface area contributed by atoms with Gasteiger partial charge >= 0.3 is 0 Å². The second-order valence-corrected chi connectivity index (χ2v) is 6.43. The van der Waals surface area contributed by atoms with Crippen molar-refractivity contribution < 1.29 is 4.74 Å². The summed E-state index contributed by atoms with van der Waals surface area (Å²) in [6.45, 7) is 2.80. The Labute approximate surface area is 121 Å². The van der Waals surface area contributed by atoms with Crippen molar-refractivity contribution in [1.29, 1.82) is 0 Å². The fourth-order valence-corrected chi connectivity index (χ4v) is 4.53. The molecule has 102 valence electrons. The van der Waals surface area contributed by atoms with Gasteiger partial charge < -0.3 is 4.74 Å². The fraction of sp³-hybridized carbons (Fsp3) is 0.692. The van der Waals surface area contributed by atoms with Gasteiger partial charge in [-0.2, -0.15) is 11.3 Å². The van der Waals surface area contributed by atoms with Gasteiger partial charge in [0.05, 0.1) is 11.6 Å². The first-order valence-electron chi connectivity index (χ1n) is 6.55. The Morgan fingerprint density at radius 3 is 2.67 bits per heavy atom. The molecule has 1 saturated carbocycles. The minimum absolute atomic E-state index is 0.0679. The van der Waals surface area contributed by atoms with Crippen LogP contribution in [0.4, 0.5) is 0 Å². The average Bonchev–Trinajstić information content (AvgIpc) is 2.78. The van der Waals surface area contributed by atoms with Gasteiger partial charge in [-0.15, -0.1) is 0 Å². The van der Waals surface area contributed by atoms with Crippen LogP contribution >= 0.6 is 27.3 Å². The quantitative estimate of drug-likeness (QED) is 0.637. The summed E-state index contributed by atoms with van der Waals surface area (Å²) in [5, 5.41) is 4.26. The first kappa shape index (κ1) is 14.5. The summed E-state index contributed by atoms with van der Waals surface area (Å²) >= 11 is 5.30. The van der Waals surface area contributed by atoms with E-state index < -0.39 is 0 Å². The van der Waals surface area contributed by atoms with Gasteiger partial charge in [-0.25, -0.2) is 5.43 Å². The smallest absolute Gasteiger partial charge is 0.0889 e. The van der Waals surface area contributed by atoms with Gasteiger partial charge in [-0.3, -0.25) is 5.84 Å². The highest BCUT2D eigenvalue weighted by Gasteiger charge is 2.42. The van der Waals surface area contributed by atoms with Gasteiger partial charge in [0.25, 0.3) is 0 Å². The minimum atomic E-state index is -0.147. The summed E-state index contributed by atoms with van der Waals surface area (Å²) in [7, 11) is 0. The molecule has 0 saturated heterocycles. The number of ether oxygens (including phenoxy) is 1. The highest BCUT2D eigenvalue weighted by atomic mass is 79.9. The molecule has 0 aliphatic heterocycles. The molecule has 3 nitrogen and oxygen atoms in total. The van der Waals surface area contributed by atoms with Crippen molar-refractivity contribution in [3.05, 3.63) is 20.8 Å². The maximum Gasteiger partial charge on any atom is 0.0889 e. The minimum Gasteiger partial charge on any atom is -0.373 e. The van der Waals surface area contributed by atoms with Crippen LogP contribution in [0.2, 0.25) is 0 Å². The Bertz CT molecular complexity index is 371. The van der Waals surface area contributed by atoms with Crippen LogP contribution in [-0.4, -0.2) is 12.2 Å². The molecule has 0 aromatic carbocycles. The number of thiophene rings is 1.